The van der Waals surface area contributed by atoms with Crippen molar-refractivity contribution in [3.8, 4) is 11.5 Å². The van der Waals surface area contributed by atoms with E-state index < -0.39 is 17.7 Å². The molecule has 1 aromatic carbocycles. The number of nitrogens with two attached hydrogens (primary N) is 2. The van der Waals surface area contributed by atoms with Crippen LogP contribution in [0.2, 0.25) is 5.02 Å². The van der Waals surface area contributed by atoms with E-state index in [1.807, 2.05) is 0 Å². The standard InChI is InChI=1S/C15H15ClN4O5S/c1-24-10-3-7(2-9(16)13(10)25-5-12(18)22)14(23)20-15-19-8(6-26-15)4-11(17)21/h2-3,6H,4-5H2,1H3,(H2,17,21)(H2,18,22)(H,19,20,23). The van der Waals surface area contributed by atoms with Crippen LogP contribution in [0, 0.1) is 0 Å². The Kier molecular flexibility index (Phi) is 6.36. The summed E-state index contributed by atoms with van der Waals surface area (Å²) in [5.41, 5.74) is 10.8. The van der Waals surface area contributed by atoms with Crippen LogP contribution in [0.3, 0.4) is 0 Å². The average molecular weight is 399 g/mol. The number of anilines is 1. The minimum absolute atomic E-state index is 0.0160. The van der Waals surface area contributed by atoms with E-state index in [0.29, 0.717) is 10.8 Å². The Morgan fingerprint density at radius 2 is 2.00 bits per heavy atom. The number of methoxy groups -OCH3 is 1. The van der Waals surface area contributed by atoms with E-state index in [1.165, 1.54) is 19.2 Å². The molecule has 0 radical (unpaired) electrons. The lowest BCUT2D eigenvalue weighted by Gasteiger charge is -2.13. The number of benzene rings is 1. The highest BCUT2D eigenvalue weighted by molar-refractivity contribution is 7.14. The van der Waals surface area contributed by atoms with Gasteiger partial charge in [0.05, 0.1) is 24.2 Å². The molecular weight excluding hydrogens is 384 g/mol. The molecular formula is C15H15ClN4O5S. The van der Waals surface area contributed by atoms with Gasteiger partial charge in [-0.1, -0.05) is 11.6 Å². The molecule has 0 saturated heterocycles. The largest absolute Gasteiger partial charge is 0.493 e. The number of hydrogen-bond acceptors (Lipinski definition) is 7. The number of nitrogens with zero attached hydrogens (tertiary/aromatic N) is 1. The average Bonchev–Trinajstić information content (AvgIpc) is 2.98. The zero-order valence-electron chi connectivity index (χ0n) is 13.6. The van der Waals surface area contributed by atoms with Crippen molar-refractivity contribution in [2.45, 2.75) is 6.42 Å². The Balaban J connectivity index is 2.18. The number of amides is 3. The van der Waals surface area contributed by atoms with E-state index >= 15 is 0 Å². The van der Waals surface area contributed by atoms with E-state index in [0.717, 1.165) is 11.3 Å². The smallest absolute Gasteiger partial charge is 0.257 e. The van der Waals surface area contributed by atoms with Gasteiger partial charge in [0.25, 0.3) is 11.8 Å². The first-order chi connectivity index (χ1) is 12.3. The van der Waals surface area contributed by atoms with Gasteiger partial charge in [-0.25, -0.2) is 4.98 Å². The highest BCUT2D eigenvalue weighted by atomic mass is 35.5. The molecule has 0 atom stereocenters. The maximum atomic E-state index is 12.4. The molecule has 9 nitrogen and oxygen atoms in total. The number of carbonyl (C=O) groups excluding carboxylic acids is 3. The van der Waals surface area contributed by atoms with Gasteiger partial charge in [0.2, 0.25) is 5.91 Å². The molecule has 2 rings (SSSR count). The van der Waals surface area contributed by atoms with Crippen molar-refractivity contribution in [1.29, 1.82) is 0 Å². The Morgan fingerprint density at radius 1 is 1.27 bits per heavy atom. The van der Waals surface area contributed by atoms with Gasteiger partial charge in [-0.15, -0.1) is 11.3 Å². The van der Waals surface area contributed by atoms with Crippen LogP contribution in [0.15, 0.2) is 17.5 Å². The van der Waals surface area contributed by atoms with Crippen LogP contribution in [0.4, 0.5) is 5.13 Å². The molecule has 2 aromatic rings. The first-order valence-corrected chi connectivity index (χ1v) is 8.38. The molecule has 3 amide bonds. The summed E-state index contributed by atoms with van der Waals surface area (Å²) >= 11 is 7.26. The summed E-state index contributed by atoms with van der Waals surface area (Å²) in [6.07, 6.45) is -0.0160. The molecule has 138 valence electrons. The summed E-state index contributed by atoms with van der Waals surface area (Å²) in [6.45, 7) is -0.386. The third kappa shape index (κ3) is 5.07. The molecule has 11 heteroatoms. The summed E-state index contributed by atoms with van der Waals surface area (Å²) < 4.78 is 10.3. The predicted octanol–water partition coefficient (Wildman–Crippen LogP) is 0.949. The number of carbonyl (C=O) groups is 3. The highest BCUT2D eigenvalue weighted by Gasteiger charge is 2.17. The molecule has 1 heterocycles. The maximum Gasteiger partial charge on any atom is 0.257 e. The summed E-state index contributed by atoms with van der Waals surface area (Å²) in [5, 5.41) is 4.58. The molecule has 0 unspecified atom stereocenters. The molecule has 26 heavy (non-hydrogen) atoms. The van der Waals surface area contributed by atoms with Crippen molar-refractivity contribution in [1.82, 2.24) is 4.98 Å². The Hall–Kier alpha value is -2.85. The Bertz CT molecular complexity index is 855. The summed E-state index contributed by atoms with van der Waals surface area (Å²) in [5.74, 6) is -1.43. The first kappa shape index (κ1) is 19.5. The van der Waals surface area contributed by atoms with Crippen LogP contribution >= 0.6 is 22.9 Å². The number of aromatic nitrogens is 1. The lowest BCUT2D eigenvalue weighted by Crippen LogP contribution is -2.20. The minimum atomic E-state index is -0.680. The number of primary amides is 2. The van der Waals surface area contributed by atoms with E-state index in [2.05, 4.69) is 10.3 Å². The fourth-order valence-corrected chi connectivity index (χ4v) is 2.90. The zero-order chi connectivity index (χ0) is 19.3. The minimum Gasteiger partial charge on any atom is -0.493 e. The Morgan fingerprint density at radius 3 is 2.62 bits per heavy atom. The second-order valence-electron chi connectivity index (χ2n) is 4.99. The van der Waals surface area contributed by atoms with Gasteiger partial charge in [-0.2, -0.15) is 0 Å². The summed E-state index contributed by atoms with van der Waals surface area (Å²) in [4.78, 5) is 38.2. The third-order valence-electron chi connectivity index (χ3n) is 2.98. The van der Waals surface area contributed by atoms with Gasteiger partial charge in [0, 0.05) is 10.9 Å². The monoisotopic (exact) mass is 398 g/mol. The van der Waals surface area contributed by atoms with Crippen molar-refractivity contribution in [3.63, 3.8) is 0 Å². The second-order valence-corrected chi connectivity index (χ2v) is 6.25. The lowest BCUT2D eigenvalue weighted by atomic mass is 10.2. The number of thiazole rings is 1. The molecule has 5 N–H and O–H groups in total. The molecule has 0 saturated carbocycles. The van der Waals surface area contributed by atoms with Crippen molar-refractivity contribution in [2.75, 3.05) is 19.0 Å². The van der Waals surface area contributed by atoms with E-state index in [-0.39, 0.29) is 35.1 Å². The van der Waals surface area contributed by atoms with Crippen molar-refractivity contribution in [3.05, 3.63) is 33.8 Å². The quantitative estimate of drug-likeness (QED) is 0.603. The topological polar surface area (TPSA) is 147 Å². The maximum absolute atomic E-state index is 12.4. The van der Waals surface area contributed by atoms with Gasteiger partial charge in [-0.3, -0.25) is 19.7 Å². The number of halogens is 1. The van der Waals surface area contributed by atoms with Crippen molar-refractivity contribution < 1.29 is 23.9 Å². The number of rotatable bonds is 8. The molecule has 0 bridgehead atoms. The molecule has 0 fully saturated rings. The van der Waals surface area contributed by atoms with E-state index in [4.69, 9.17) is 32.5 Å². The second kappa shape index (κ2) is 8.50. The first-order valence-electron chi connectivity index (χ1n) is 7.12. The fourth-order valence-electron chi connectivity index (χ4n) is 1.93. The van der Waals surface area contributed by atoms with Gasteiger partial charge in [-0.05, 0) is 12.1 Å². The summed E-state index contributed by atoms with van der Waals surface area (Å²) in [7, 11) is 1.36. The number of ether oxygens (including phenoxy) is 2. The number of nitrogens with one attached hydrogen (secondary N) is 1. The molecule has 1 aromatic heterocycles. The van der Waals surface area contributed by atoms with Gasteiger partial charge < -0.3 is 20.9 Å². The molecule has 0 aliphatic rings. The Labute approximate surface area is 157 Å². The summed E-state index contributed by atoms with van der Waals surface area (Å²) in [6, 6.07) is 2.75. The molecule has 0 spiro atoms. The third-order valence-corrected chi connectivity index (χ3v) is 4.07. The van der Waals surface area contributed by atoms with Crippen molar-refractivity contribution in [2.24, 2.45) is 11.5 Å². The van der Waals surface area contributed by atoms with Crippen molar-refractivity contribution >= 4 is 45.8 Å². The molecule has 0 aliphatic heterocycles. The van der Waals surface area contributed by atoms with Crippen LogP contribution in [0.5, 0.6) is 11.5 Å². The van der Waals surface area contributed by atoms with Gasteiger partial charge in [0.1, 0.15) is 0 Å². The predicted molar refractivity (Wildman–Crippen MR) is 95.7 cm³/mol. The van der Waals surface area contributed by atoms with Crippen LogP contribution in [0.1, 0.15) is 16.1 Å². The molecule has 0 aliphatic carbocycles. The highest BCUT2D eigenvalue weighted by Crippen LogP contribution is 2.36. The zero-order valence-corrected chi connectivity index (χ0v) is 15.1. The van der Waals surface area contributed by atoms with Gasteiger partial charge in [0.15, 0.2) is 23.2 Å². The lowest BCUT2D eigenvalue weighted by molar-refractivity contribution is -0.120. The fraction of sp³-hybridized carbons (Fsp3) is 0.200. The number of hydrogen-bond donors (Lipinski definition) is 3. The van der Waals surface area contributed by atoms with E-state index in [9.17, 15) is 14.4 Å². The van der Waals surface area contributed by atoms with Crippen LogP contribution < -0.4 is 26.3 Å². The van der Waals surface area contributed by atoms with Crippen LogP contribution in [-0.2, 0) is 16.0 Å². The SMILES string of the molecule is COc1cc(C(=O)Nc2nc(CC(N)=O)cs2)cc(Cl)c1OCC(N)=O. The van der Waals surface area contributed by atoms with Crippen LogP contribution in [-0.4, -0.2) is 36.4 Å². The van der Waals surface area contributed by atoms with Crippen LogP contribution in [0.25, 0.3) is 0 Å². The van der Waals surface area contributed by atoms with Gasteiger partial charge >= 0.3 is 0 Å². The normalized spacial score (nSPS) is 10.2. The van der Waals surface area contributed by atoms with E-state index in [1.54, 1.807) is 5.38 Å².